The summed E-state index contributed by atoms with van der Waals surface area (Å²) in [5, 5.41) is 16.9. The number of carbonyl (C=O) groups is 3. The Morgan fingerprint density at radius 3 is 2.43 bits per heavy atom. The van der Waals surface area contributed by atoms with Crippen LogP contribution in [-0.4, -0.2) is 50.5 Å². The first-order valence-electron chi connectivity index (χ1n) is 13.7. The van der Waals surface area contributed by atoms with Crippen molar-refractivity contribution in [1.29, 1.82) is 5.26 Å². The van der Waals surface area contributed by atoms with Gasteiger partial charge in [0.1, 0.15) is 11.8 Å². The number of carbonyl (C=O) groups excluding carboxylic acids is 3. The van der Waals surface area contributed by atoms with Crippen LogP contribution in [0.1, 0.15) is 28.4 Å². The number of nitrogens with zero attached hydrogens (tertiary/aromatic N) is 3. The molecule has 2 atom stereocenters. The van der Waals surface area contributed by atoms with Crippen molar-refractivity contribution in [3.63, 3.8) is 0 Å². The minimum Gasteiger partial charge on any atom is -0.496 e. The third kappa shape index (κ3) is 6.40. The summed E-state index contributed by atoms with van der Waals surface area (Å²) in [4.78, 5) is 44.6. The minimum absolute atomic E-state index is 0. The molecule has 2 N–H and O–H groups in total. The second kappa shape index (κ2) is 13.9. The molecule has 1 heterocycles. The number of fused-ring (bicyclic) bond motifs is 2. The summed E-state index contributed by atoms with van der Waals surface area (Å²) in [5.41, 5.74) is 2.60. The Labute approximate surface area is 270 Å². The maximum atomic E-state index is 14.4. The molecule has 0 bridgehead atoms. The molecule has 4 aromatic carbocycles. The highest BCUT2D eigenvalue weighted by atomic mass is 79.9. The maximum absolute atomic E-state index is 14.4. The zero-order valence-corrected chi connectivity index (χ0v) is 26.7. The predicted molar refractivity (Wildman–Crippen MR) is 176 cm³/mol. The van der Waals surface area contributed by atoms with Crippen LogP contribution in [0.15, 0.2) is 83.3 Å². The first-order valence-corrected chi connectivity index (χ1v) is 14.5. The number of likely N-dealkylation sites (N-methyl/N-ethyl adjacent to an activating group) is 1. The van der Waals surface area contributed by atoms with E-state index in [0.29, 0.717) is 28.3 Å². The number of anilines is 2. The molecular weight excluding hydrogens is 646 g/mol. The van der Waals surface area contributed by atoms with Gasteiger partial charge < -0.3 is 25.2 Å². The number of amides is 3. The van der Waals surface area contributed by atoms with E-state index in [1.165, 1.54) is 4.90 Å². The van der Waals surface area contributed by atoms with Gasteiger partial charge in [0.25, 0.3) is 11.8 Å². The van der Waals surface area contributed by atoms with Gasteiger partial charge in [-0.3, -0.25) is 14.4 Å². The summed E-state index contributed by atoms with van der Waals surface area (Å²) in [6.45, 7) is 1.74. The Kier molecular flexibility index (Phi) is 10.3. The standard InChI is InChI=1S/C33H30BrN5O4.ClH/c1-20(36-2)31(40)37-27-19-39(32(41)22-10-8-21(17-35)9-11-22)29-7-5-4-6-28(29)38(33(27)42)18-26-25-14-13-24(34)16-23(25)12-15-30(26)43-3;/h4-16,20,27,36H,18-19H2,1-3H3,(H,37,40);1H. The smallest absolute Gasteiger partial charge is 0.258 e. The molecule has 44 heavy (non-hydrogen) atoms. The Hall–Kier alpha value is -4.43. The van der Waals surface area contributed by atoms with Crippen LogP contribution >= 0.6 is 28.3 Å². The SMILES string of the molecule is CNC(C)C(=O)NC1CN(C(=O)c2ccc(C#N)cc2)c2ccccc2N(Cc2c(OC)ccc3cc(Br)ccc23)C1=O.Cl. The van der Waals surface area contributed by atoms with Gasteiger partial charge in [0.15, 0.2) is 0 Å². The quantitative estimate of drug-likeness (QED) is 0.279. The van der Waals surface area contributed by atoms with Crippen molar-refractivity contribution in [3.05, 3.63) is 100 Å². The summed E-state index contributed by atoms with van der Waals surface area (Å²) in [6, 6.07) is 23.7. The topological polar surface area (TPSA) is 115 Å². The number of nitrogens with one attached hydrogen (secondary N) is 2. The average molecular weight is 677 g/mol. The highest BCUT2D eigenvalue weighted by Gasteiger charge is 2.38. The number of nitriles is 1. The Balaban J connectivity index is 0.00000442. The van der Waals surface area contributed by atoms with Gasteiger partial charge in [0, 0.05) is 15.6 Å². The molecule has 0 saturated heterocycles. The number of methoxy groups -OCH3 is 1. The molecule has 5 rings (SSSR count). The van der Waals surface area contributed by atoms with Crippen LogP contribution in [0.2, 0.25) is 0 Å². The fourth-order valence-corrected chi connectivity index (χ4v) is 5.56. The van der Waals surface area contributed by atoms with Crippen molar-refractivity contribution in [1.82, 2.24) is 10.6 Å². The van der Waals surface area contributed by atoms with E-state index >= 15 is 0 Å². The van der Waals surface area contributed by atoms with E-state index in [1.54, 1.807) is 68.4 Å². The number of para-hydroxylation sites is 2. The van der Waals surface area contributed by atoms with Gasteiger partial charge in [-0.2, -0.15) is 5.26 Å². The number of benzene rings is 4. The molecule has 1 aliphatic heterocycles. The monoisotopic (exact) mass is 675 g/mol. The Morgan fingerprint density at radius 1 is 1.07 bits per heavy atom. The molecule has 0 aliphatic carbocycles. The number of ether oxygens (including phenoxy) is 1. The fourth-order valence-electron chi connectivity index (χ4n) is 5.18. The molecule has 4 aromatic rings. The van der Waals surface area contributed by atoms with Crippen molar-refractivity contribution in [2.75, 3.05) is 30.5 Å². The van der Waals surface area contributed by atoms with Crippen LogP contribution in [-0.2, 0) is 16.1 Å². The normalized spacial score (nSPS) is 15.0. The molecule has 226 valence electrons. The highest BCUT2D eigenvalue weighted by Crippen LogP contribution is 2.38. The van der Waals surface area contributed by atoms with Gasteiger partial charge in [-0.25, -0.2) is 0 Å². The van der Waals surface area contributed by atoms with E-state index in [0.717, 1.165) is 20.8 Å². The van der Waals surface area contributed by atoms with Crippen LogP contribution < -0.4 is 25.2 Å². The molecule has 3 amide bonds. The lowest BCUT2D eigenvalue weighted by molar-refractivity contribution is -0.128. The van der Waals surface area contributed by atoms with Crippen molar-refractivity contribution >= 4 is 68.2 Å². The van der Waals surface area contributed by atoms with Gasteiger partial charge in [-0.05, 0) is 79.3 Å². The first-order chi connectivity index (χ1) is 20.7. The third-order valence-electron chi connectivity index (χ3n) is 7.63. The Bertz CT molecular complexity index is 1760. The van der Waals surface area contributed by atoms with Crippen LogP contribution in [0, 0.1) is 11.3 Å². The van der Waals surface area contributed by atoms with Gasteiger partial charge in [-0.15, -0.1) is 12.4 Å². The van der Waals surface area contributed by atoms with Crippen molar-refractivity contribution in [2.24, 2.45) is 0 Å². The fraction of sp³-hybridized carbons (Fsp3) is 0.212. The summed E-state index contributed by atoms with van der Waals surface area (Å²) in [6.07, 6.45) is 0. The number of hydrogen-bond donors (Lipinski definition) is 2. The molecule has 11 heteroatoms. The van der Waals surface area contributed by atoms with Gasteiger partial charge in [0.05, 0.1) is 49.2 Å². The molecule has 0 spiro atoms. The summed E-state index contributed by atoms with van der Waals surface area (Å²) in [5.74, 6) is -0.486. The highest BCUT2D eigenvalue weighted by molar-refractivity contribution is 9.10. The molecule has 0 radical (unpaired) electrons. The summed E-state index contributed by atoms with van der Waals surface area (Å²) >= 11 is 3.53. The summed E-state index contributed by atoms with van der Waals surface area (Å²) < 4.78 is 6.66. The van der Waals surface area contributed by atoms with Crippen molar-refractivity contribution < 1.29 is 19.1 Å². The summed E-state index contributed by atoms with van der Waals surface area (Å²) in [7, 11) is 3.25. The van der Waals surface area contributed by atoms with Gasteiger partial charge >= 0.3 is 0 Å². The van der Waals surface area contributed by atoms with Crippen molar-refractivity contribution in [2.45, 2.75) is 25.6 Å². The second-order valence-electron chi connectivity index (χ2n) is 10.2. The van der Waals surface area contributed by atoms with Crippen molar-refractivity contribution in [3.8, 4) is 11.8 Å². The van der Waals surface area contributed by atoms with Crippen LogP contribution in [0.5, 0.6) is 5.75 Å². The van der Waals surface area contributed by atoms with Crippen LogP contribution in [0.4, 0.5) is 11.4 Å². The molecule has 0 aromatic heterocycles. The van der Waals surface area contributed by atoms with E-state index in [9.17, 15) is 19.6 Å². The maximum Gasteiger partial charge on any atom is 0.258 e. The zero-order valence-electron chi connectivity index (χ0n) is 24.3. The van der Waals surface area contributed by atoms with E-state index in [-0.39, 0.29) is 43.2 Å². The lowest BCUT2D eigenvalue weighted by Crippen LogP contribution is -2.55. The molecule has 9 nitrogen and oxygen atoms in total. The zero-order chi connectivity index (χ0) is 30.7. The molecule has 2 unspecified atom stereocenters. The minimum atomic E-state index is -1.05. The van der Waals surface area contributed by atoms with Crippen LogP contribution in [0.25, 0.3) is 10.8 Å². The predicted octanol–water partition coefficient (Wildman–Crippen LogP) is 5.19. The average Bonchev–Trinajstić information content (AvgIpc) is 3.14. The molecule has 0 saturated carbocycles. The second-order valence-corrected chi connectivity index (χ2v) is 11.1. The van der Waals surface area contributed by atoms with Gasteiger partial charge in [0.2, 0.25) is 5.91 Å². The van der Waals surface area contributed by atoms with E-state index in [4.69, 9.17) is 4.74 Å². The van der Waals surface area contributed by atoms with E-state index in [1.807, 2.05) is 36.4 Å². The van der Waals surface area contributed by atoms with Crippen LogP contribution in [0.3, 0.4) is 0 Å². The Morgan fingerprint density at radius 2 is 1.77 bits per heavy atom. The first kappa shape index (κ1) is 32.5. The lowest BCUT2D eigenvalue weighted by atomic mass is 10.0. The molecule has 0 fully saturated rings. The molecule has 1 aliphatic rings. The molecular formula is C33H31BrClN5O4. The number of halogens is 2. The largest absolute Gasteiger partial charge is 0.496 e. The number of hydrogen-bond acceptors (Lipinski definition) is 6. The van der Waals surface area contributed by atoms with Gasteiger partial charge in [-0.1, -0.05) is 40.2 Å². The number of rotatable bonds is 7. The third-order valence-corrected chi connectivity index (χ3v) is 8.12. The lowest BCUT2D eigenvalue weighted by Gasteiger charge is -2.27. The van der Waals surface area contributed by atoms with E-state index < -0.39 is 12.1 Å². The van der Waals surface area contributed by atoms with E-state index in [2.05, 4.69) is 32.6 Å².